The first-order valence-corrected chi connectivity index (χ1v) is 9.09. The topological polar surface area (TPSA) is 88.3 Å². The van der Waals surface area contributed by atoms with Crippen LogP contribution in [-0.4, -0.2) is 37.1 Å². The van der Waals surface area contributed by atoms with Gasteiger partial charge in [0.05, 0.1) is 23.5 Å². The second kappa shape index (κ2) is 6.27. The van der Waals surface area contributed by atoms with E-state index in [-0.39, 0.29) is 6.04 Å². The summed E-state index contributed by atoms with van der Waals surface area (Å²) >= 11 is 1.54. The Bertz CT molecular complexity index is 489. The van der Waals surface area contributed by atoms with Crippen molar-refractivity contribution in [1.29, 1.82) is 0 Å². The Labute approximate surface area is 118 Å². The average molecular weight is 304 g/mol. The molecule has 8 heteroatoms. The van der Waals surface area contributed by atoms with Crippen LogP contribution in [-0.2, 0) is 10.0 Å². The normalized spacial score (nSPS) is 23.4. The number of hydrogen-bond donors (Lipinski definition) is 2. The quantitative estimate of drug-likeness (QED) is 0.618. The summed E-state index contributed by atoms with van der Waals surface area (Å²) < 4.78 is 24.7. The van der Waals surface area contributed by atoms with Gasteiger partial charge in [-0.2, -0.15) is 0 Å². The number of nitrogens with one attached hydrogen (secondary N) is 1. The van der Waals surface area contributed by atoms with E-state index in [1.54, 1.807) is 9.82 Å². The zero-order valence-corrected chi connectivity index (χ0v) is 12.6. The predicted molar refractivity (Wildman–Crippen MR) is 75.9 cm³/mol. The Hall–Kier alpha value is -0.540. The number of sulfonamides is 1. The molecule has 1 fully saturated rings. The number of nitrogens with two attached hydrogens (primary N) is 1. The average Bonchev–Trinajstić information content (AvgIpc) is 2.89. The zero-order valence-electron chi connectivity index (χ0n) is 10.9. The molecule has 19 heavy (non-hydrogen) atoms. The van der Waals surface area contributed by atoms with Crippen LogP contribution in [0.3, 0.4) is 0 Å². The van der Waals surface area contributed by atoms with Gasteiger partial charge >= 0.3 is 0 Å². The van der Waals surface area contributed by atoms with Crippen LogP contribution in [0.25, 0.3) is 0 Å². The lowest BCUT2D eigenvalue weighted by molar-refractivity contribution is 0.237. The predicted octanol–water partition coefficient (Wildman–Crippen LogP) is 0.709. The Balaban J connectivity index is 1.98. The second-order valence-corrected chi connectivity index (χ2v) is 7.70. The van der Waals surface area contributed by atoms with Crippen molar-refractivity contribution in [3.63, 3.8) is 0 Å². The number of piperidine rings is 1. The highest BCUT2D eigenvalue weighted by Crippen LogP contribution is 2.27. The first-order valence-electron chi connectivity index (χ1n) is 6.30. The molecule has 2 unspecified atom stereocenters. The standard InChI is InChI=1S/C11H20N4O2S2/c1-19(16,17)15-4-2-3-9(6-15)5-10(14-12)11-7-18-8-13-11/h7-10,14H,2-6,12H2,1H3. The van der Waals surface area contributed by atoms with Crippen molar-refractivity contribution in [2.75, 3.05) is 19.3 Å². The molecule has 3 N–H and O–H groups in total. The second-order valence-electron chi connectivity index (χ2n) is 5.00. The van der Waals surface area contributed by atoms with Crippen LogP contribution < -0.4 is 11.3 Å². The SMILES string of the molecule is CS(=O)(=O)N1CCCC(CC(NN)c2cscn2)C1. The summed E-state index contributed by atoms with van der Waals surface area (Å²) in [6.07, 6.45) is 4.03. The highest BCUT2D eigenvalue weighted by Gasteiger charge is 2.28. The van der Waals surface area contributed by atoms with Crippen molar-refractivity contribution >= 4 is 21.4 Å². The summed E-state index contributed by atoms with van der Waals surface area (Å²) in [5, 5.41) is 1.97. The van der Waals surface area contributed by atoms with Crippen molar-refractivity contribution in [1.82, 2.24) is 14.7 Å². The van der Waals surface area contributed by atoms with Gasteiger partial charge in [0, 0.05) is 18.5 Å². The van der Waals surface area contributed by atoms with Gasteiger partial charge in [0.2, 0.25) is 10.0 Å². The van der Waals surface area contributed by atoms with Gasteiger partial charge in [-0.15, -0.1) is 11.3 Å². The summed E-state index contributed by atoms with van der Waals surface area (Å²) in [6, 6.07) is -0.00393. The maximum atomic E-state index is 11.6. The number of hydrazine groups is 1. The van der Waals surface area contributed by atoms with Crippen molar-refractivity contribution in [3.05, 3.63) is 16.6 Å². The van der Waals surface area contributed by atoms with Crippen LogP contribution in [0.15, 0.2) is 10.9 Å². The van der Waals surface area contributed by atoms with Gasteiger partial charge in [-0.25, -0.2) is 17.7 Å². The summed E-state index contributed by atoms with van der Waals surface area (Å²) in [5.41, 5.74) is 5.50. The Morgan fingerprint density at radius 3 is 3.05 bits per heavy atom. The number of nitrogens with zero attached hydrogens (tertiary/aromatic N) is 2. The maximum absolute atomic E-state index is 11.6. The maximum Gasteiger partial charge on any atom is 0.211 e. The number of rotatable bonds is 5. The molecule has 1 aromatic rings. The van der Waals surface area contributed by atoms with Gasteiger partial charge in [-0.1, -0.05) is 0 Å². The van der Waals surface area contributed by atoms with Crippen LogP contribution >= 0.6 is 11.3 Å². The van der Waals surface area contributed by atoms with Gasteiger partial charge in [-0.05, 0) is 25.2 Å². The third-order valence-electron chi connectivity index (χ3n) is 3.53. The molecular weight excluding hydrogens is 284 g/mol. The lowest BCUT2D eigenvalue weighted by Crippen LogP contribution is -2.41. The van der Waals surface area contributed by atoms with Crippen LogP contribution in [0.1, 0.15) is 31.0 Å². The van der Waals surface area contributed by atoms with E-state index >= 15 is 0 Å². The van der Waals surface area contributed by atoms with E-state index in [1.807, 2.05) is 5.38 Å². The first kappa shape index (κ1) is 14.9. The molecule has 1 aliphatic heterocycles. The third-order valence-corrected chi connectivity index (χ3v) is 5.40. The van der Waals surface area contributed by atoms with Crippen LogP contribution in [0.2, 0.25) is 0 Å². The monoisotopic (exact) mass is 304 g/mol. The number of aromatic nitrogens is 1. The Morgan fingerprint density at radius 2 is 2.47 bits per heavy atom. The molecule has 108 valence electrons. The van der Waals surface area contributed by atoms with Crippen LogP contribution in [0.4, 0.5) is 0 Å². The van der Waals surface area contributed by atoms with Crippen LogP contribution in [0.5, 0.6) is 0 Å². The minimum Gasteiger partial charge on any atom is -0.271 e. The molecule has 0 bridgehead atoms. The summed E-state index contributed by atoms with van der Waals surface area (Å²) in [5.74, 6) is 5.91. The van der Waals surface area contributed by atoms with Gasteiger partial charge in [-0.3, -0.25) is 11.3 Å². The van der Waals surface area contributed by atoms with E-state index in [0.29, 0.717) is 19.0 Å². The molecule has 6 nitrogen and oxygen atoms in total. The summed E-state index contributed by atoms with van der Waals surface area (Å²) in [4.78, 5) is 4.26. The fraction of sp³-hybridized carbons (Fsp3) is 0.727. The van der Waals surface area contributed by atoms with Crippen molar-refractivity contribution in [2.45, 2.75) is 25.3 Å². The van der Waals surface area contributed by atoms with Crippen molar-refractivity contribution < 1.29 is 8.42 Å². The van der Waals surface area contributed by atoms with E-state index in [9.17, 15) is 8.42 Å². The van der Waals surface area contributed by atoms with Gasteiger partial charge < -0.3 is 0 Å². The molecule has 1 saturated heterocycles. The molecule has 0 amide bonds. The summed E-state index contributed by atoms with van der Waals surface area (Å²) in [6.45, 7) is 1.22. The molecular formula is C11H20N4O2S2. The number of hydrogen-bond acceptors (Lipinski definition) is 6. The third kappa shape index (κ3) is 3.96. The van der Waals surface area contributed by atoms with Gasteiger partial charge in [0.15, 0.2) is 0 Å². The number of thiazole rings is 1. The van der Waals surface area contributed by atoms with E-state index in [2.05, 4.69) is 10.4 Å². The highest BCUT2D eigenvalue weighted by atomic mass is 32.2. The minimum absolute atomic E-state index is 0.00393. The van der Waals surface area contributed by atoms with E-state index in [4.69, 9.17) is 5.84 Å². The lowest BCUT2D eigenvalue weighted by Gasteiger charge is -2.32. The van der Waals surface area contributed by atoms with Crippen LogP contribution in [0, 0.1) is 5.92 Å². The smallest absolute Gasteiger partial charge is 0.211 e. The van der Waals surface area contributed by atoms with Gasteiger partial charge in [0.25, 0.3) is 0 Å². The van der Waals surface area contributed by atoms with Crippen molar-refractivity contribution in [3.8, 4) is 0 Å². The molecule has 1 aromatic heterocycles. The fourth-order valence-corrected chi connectivity index (χ4v) is 4.07. The Kier molecular flexibility index (Phi) is 4.91. The first-order chi connectivity index (χ1) is 9.00. The molecule has 2 heterocycles. The molecule has 0 aliphatic carbocycles. The fourth-order valence-electron chi connectivity index (χ4n) is 2.52. The molecule has 1 aliphatic rings. The summed E-state index contributed by atoms with van der Waals surface area (Å²) in [7, 11) is -3.09. The largest absolute Gasteiger partial charge is 0.271 e. The highest BCUT2D eigenvalue weighted by molar-refractivity contribution is 7.88. The lowest BCUT2D eigenvalue weighted by atomic mass is 9.92. The molecule has 0 radical (unpaired) electrons. The van der Waals surface area contributed by atoms with E-state index < -0.39 is 10.0 Å². The molecule has 2 rings (SSSR count). The van der Waals surface area contributed by atoms with Gasteiger partial charge in [0.1, 0.15) is 0 Å². The Morgan fingerprint density at radius 1 is 1.68 bits per heavy atom. The van der Waals surface area contributed by atoms with E-state index in [0.717, 1.165) is 25.0 Å². The molecule has 2 atom stereocenters. The molecule has 0 spiro atoms. The zero-order chi connectivity index (χ0) is 13.9. The molecule has 0 saturated carbocycles. The molecule has 0 aromatic carbocycles. The van der Waals surface area contributed by atoms with E-state index in [1.165, 1.54) is 17.6 Å². The van der Waals surface area contributed by atoms with Crippen molar-refractivity contribution in [2.24, 2.45) is 11.8 Å². The minimum atomic E-state index is -3.09.